The lowest BCUT2D eigenvalue weighted by Gasteiger charge is -2.09. The molecule has 4 rings (SSSR count). The van der Waals surface area contributed by atoms with E-state index in [2.05, 4.69) is 5.32 Å². The van der Waals surface area contributed by atoms with E-state index in [4.69, 9.17) is 0 Å². The molecular weight excluding hydrogens is 415 g/mol. The molecule has 0 unspecified atom stereocenters. The van der Waals surface area contributed by atoms with Crippen LogP contribution in [-0.2, 0) is 26.9 Å². The number of hydrogen-bond acceptors (Lipinski definition) is 3. The van der Waals surface area contributed by atoms with Gasteiger partial charge in [0.25, 0.3) is 0 Å². The number of hydrogen-bond donors (Lipinski definition) is 1. The number of benzene rings is 3. The van der Waals surface area contributed by atoms with Crippen LogP contribution in [0.2, 0.25) is 0 Å². The molecule has 0 fully saturated rings. The molecule has 0 spiro atoms. The molecule has 158 valence electrons. The number of rotatable bonds is 6. The van der Waals surface area contributed by atoms with Crippen molar-refractivity contribution in [1.82, 2.24) is 4.57 Å². The maximum atomic E-state index is 14.0. The lowest BCUT2D eigenvalue weighted by atomic mass is 10.2. The van der Waals surface area contributed by atoms with Crippen molar-refractivity contribution in [2.24, 2.45) is 0 Å². The zero-order valence-electron chi connectivity index (χ0n) is 16.9. The first kappa shape index (κ1) is 20.8. The number of nitrogens with one attached hydrogen (secondary N) is 1. The molecule has 4 aromatic rings. The van der Waals surface area contributed by atoms with Gasteiger partial charge in [-0.3, -0.25) is 4.79 Å². The van der Waals surface area contributed by atoms with E-state index in [0.717, 1.165) is 5.56 Å². The molecule has 31 heavy (non-hydrogen) atoms. The SMILES string of the molecule is Cc1ccccc1NC(=O)Cn1cc(S(=O)(=O)Cc2ccccc2F)c2ccccc21. The second-order valence-corrected chi connectivity index (χ2v) is 9.31. The van der Waals surface area contributed by atoms with Gasteiger partial charge in [-0.05, 0) is 30.7 Å². The zero-order valence-corrected chi connectivity index (χ0v) is 17.7. The molecule has 1 aromatic heterocycles. The number of carbonyl (C=O) groups is 1. The van der Waals surface area contributed by atoms with E-state index in [1.54, 1.807) is 34.9 Å². The Morgan fingerprint density at radius 1 is 0.968 bits per heavy atom. The minimum absolute atomic E-state index is 0.0515. The molecule has 1 heterocycles. The van der Waals surface area contributed by atoms with Crippen LogP contribution in [0.25, 0.3) is 10.9 Å². The normalized spacial score (nSPS) is 11.5. The standard InChI is InChI=1S/C24H21FN2O3S/c1-17-8-2-6-12-21(17)26-24(28)15-27-14-23(19-10-4-7-13-22(19)27)31(29,30)16-18-9-3-5-11-20(18)25/h2-14H,15-16H2,1H3,(H,26,28). The maximum Gasteiger partial charge on any atom is 0.244 e. The lowest BCUT2D eigenvalue weighted by Crippen LogP contribution is -2.18. The summed E-state index contributed by atoms with van der Waals surface area (Å²) in [6, 6.07) is 20.2. The first-order chi connectivity index (χ1) is 14.8. The van der Waals surface area contributed by atoms with E-state index in [1.165, 1.54) is 24.4 Å². The second-order valence-electron chi connectivity index (χ2n) is 7.35. The van der Waals surface area contributed by atoms with Crippen molar-refractivity contribution in [1.29, 1.82) is 0 Å². The van der Waals surface area contributed by atoms with Gasteiger partial charge in [0.1, 0.15) is 12.4 Å². The minimum Gasteiger partial charge on any atom is -0.337 e. The van der Waals surface area contributed by atoms with Gasteiger partial charge >= 0.3 is 0 Å². The predicted octanol–water partition coefficient (Wildman–Crippen LogP) is 4.70. The minimum atomic E-state index is -3.84. The number of sulfone groups is 1. The fourth-order valence-electron chi connectivity index (χ4n) is 3.55. The molecule has 0 saturated heterocycles. The molecule has 0 radical (unpaired) electrons. The molecule has 5 nitrogen and oxygen atoms in total. The van der Waals surface area contributed by atoms with E-state index >= 15 is 0 Å². The van der Waals surface area contributed by atoms with Crippen molar-refractivity contribution in [2.45, 2.75) is 24.1 Å². The van der Waals surface area contributed by atoms with Crippen LogP contribution in [0.1, 0.15) is 11.1 Å². The smallest absolute Gasteiger partial charge is 0.244 e. The molecule has 7 heteroatoms. The van der Waals surface area contributed by atoms with Gasteiger partial charge in [0.05, 0.1) is 10.6 Å². The average Bonchev–Trinajstić information content (AvgIpc) is 3.11. The van der Waals surface area contributed by atoms with Gasteiger partial charge in [-0.15, -0.1) is 0 Å². The Balaban J connectivity index is 1.67. The second kappa shape index (κ2) is 8.35. The zero-order chi connectivity index (χ0) is 22.0. The Morgan fingerprint density at radius 3 is 2.42 bits per heavy atom. The quantitative estimate of drug-likeness (QED) is 0.476. The topological polar surface area (TPSA) is 68.2 Å². The molecule has 1 amide bonds. The largest absolute Gasteiger partial charge is 0.337 e. The molecule has 0 aliphatic carbocycles. The van der Waals surface area contributed by atoms with Crippen molar-refractivity contribution in [3.05, 3.63) is 95.9 Å². The highest BCUT2D eigenvalue weighted by Gasteiger charge is 2.23. The highest BCUT2D eigenvalue weighted by atomic mass is 32.2. The third kappa shape index (κ3) is 4.36. The third-order valence-corrected chi connectivity index (χ3v) is 6.81. The fraction of sp³-hybridized carbons (Fsp3) is 0.125. The Kier molecular flexibility index (Phi) is 5.61. The summed E-state index contributed by atoms with van der Waals surface area (Å²) in [6.45, 7) is 1.85. The van der Waals surface area contributed by atoms with E-state index in [1.807, 2.05) is 31.2 Å². The van der Waals surface area contributed by atoms with E-state index in [-0.39, 0.29) is 22.9 Å². The summed E-state index contributed by atoms with van der Waals surface area (Å²) in [5, 5.41) is 3.36. The molecule has 0 saturated carbocycles. The lowest BCUT2D eigenvalue weighted by molar-refractivity contribution is -0.116. The van der Waals surface area contributed by atoms with E-state index < -0.39 is 21.4 Å². The van der Waals surface area contributed by atoms with Crippen LogP contribution in [0.15, 0.2) is 83.9 Å². The number of aryl methyl sites for hydroxylation is 1. The van der Waals surface area contributed by atoms with E-state index in [0.29, 0.717) is 16.6 Å². The van der Waals surface area contributed by atoms with Crippen LogP contribution in [0.4, 0.5) is 10.1 Å². The Hall–Kier alpha value is -3.45. The van der Waals surface area contributed by atoms with E-state index in [9.17, 15) is 17.6 Å². The summed E-state index contributed by atoms with van der Waals surface area (Å²) in [7, 11) is -3.84. The van der Waals surface area contributed by atoms with Crippen molar-refractivity contribution < 1.29 is 17.6 Å². The molecule has 0 aliphatic heterocycles. The van der Waals surface area contributed by atoms with Crippen LogP contribution in [0.3, 0.4) is 0 Å². The summed E-state index contributed by atoms with van der Waals surface area (Å²) in [6.07, 6.45) is 1.46. The molecule has 1 N–H and O–H groups in total. The van der Waals surface area contributed by atoms with Gasteiger partial charge < -0.3 is 9.88 Å². The number of para-hydroxylation sites is 2. The molecule has 3 aromatic carbocycles. The molecule has 0 aliphatic rings. The number of fused-ring (bicyclic) bond motifs is 1. The summed E-state index contributed by atoms with van der Waals surface area (Å²) in [4.78, 5) is 12.7. The first-order valence-electron chi connectivity index (χ1n) is 9.75. The number of halogens is 1. The highest BCUT2D eigenvalue weighted by molar-refractivity contribution is 7.90. The number of aromatic nitrogens is 1. The monoisotopic (exact) mass is 436 g/mol. The molecular formula is C24H21FN2O3S. The summed E-state index contributed by atoms with van der Waals surface area (Å²) < 4.78 is 41.9. The Bertz CT molecular complexity index is 1380. The number of nitrogens with zero attached hydrogens (tertiary/aromatic N) is 1. The van der Waals surface area contributed by atoms with Gasteiger partial charge in [-0.2, -0.15) is 0 Å². The van der Waals surface area contributed by atoms with Crippen LogP contribution in [0.5, 0.6) is 0 Å². The highest BCUT2D eigenvalue weighted by Crippen LogP contribution is 2.28. The van der Waals surface area contributed by atoms with Crippen molar-refractivity contribution in [2.75, 3.05) is 5.32 Å². The van der Waals surface area contributed by atoms with Gasteiger partial charge in [-0.25, -0.2) is 12.8 Å². The van der Waals surface area contributed by atoms with Gasteiger partial charge in [0.15, 0.2) is 9.84 Å². The van der Waals surface area contributed by atoms with Crippen LogP contribution in [0, 0.1) is 12.7 Å². The van der Waals surface area contributed by atoms with Crippen LogP contribution in [-0.4, -0.2) is 18.9 Å². The number of anilines is 1. The first-order valence-corrected chi connectivity index (χ1v) is 11.4. The third-order valence-electron chi connectivity index (χ3n) is 5.12. The fourth-order valence-corrected chi connectivity index (χ4v) is 5.14. The van der Waals surface area contributed by atoms with Crippen LogP contribution < -0.4 is 5.32 Å². The average molecular weight is 437 g/mol. The Labute approximate surface area is 180 Å². The van der Waals surface area contributed by atoms with Crippen molar-refractivity contribution >= 4 is 32.3 Å². The summed E-state index contributed by atoms with van der Waals surface area (Å²) in [5.41, 5.74) is 2.36. The van der Waals surface area contributed by atoms with Gasteiger partial charge in [0.2, 0.25) is 5.91 Å². The Morgan fingerprint density at radius 2 is 1.65 bits per heavy atom. The number of carbonyl (C=O) groups excluding carboxylic acids is 1. The molecule has 0 bridgehead atoms. The van der Waals surface area contributed by atoms with Crippen LogP contribution >= 0.6 is 0 Å². The van der Waals surface area contributed by atoms with Gasteiger partial charge in [-0.1, -0.05) is 54.6 Å². The summed E-state index contributed by atoms with van der Waals surface area (Å²) >= 11 is 0. The molecule has 0 atom stereocenters. The number of amides is 1. The predicted molar refractivity (Wildman–Crippen MR) is 119 cm³/mol. The summed E-state index contributed by atoms with van der Waals surface area (Å²) in [5.74, 6) is -1.29. The van der Waals surface area contributed by atoms with Crippen molar-refractivity contribution in [3.63, 3.8) is 0 Å². The maximum absolute atomic E-state index is 14.0. The van der Waals surface area contributed by atoms with Crippen molar-refractivity contribution in [3.8, 4) is 0 Å². The van der Waals surface area contributed by atoms with Gasteiger partial charge in [0, 0.05) is 28.4 Å².